The molecule has 0 nitrogen and oxygen atoms in total. The molecule has 0 spiro atoms. The molecule has 0 heterocycles. The molecule has 7 rings (SSSR count). The maximum Gasteiger partial charge on any atom is -0.00132 e. The zero-order valence-corrected chi connectivity index (χ0v) is 25.6. The van der Waals surface area contributed by atoms with E-state index in [0.717, 1.165) is 6.42 Å². The second-order valence-electron chi connectivity index (χ2n) is 12.3. The van der Waals surface area contributed by atoms with E-state index in [1.165, 1.54) is 111 Å². The van der Waals surface area contributed by atoms with Crippen LogP contribution in [-0.2, 0) is 6.42 Å². The molecule has 0 heteroatoms. The fraction of sp³-hybridized carbons (Fsp3) is 0.220. The number of benzene rings is 6. The minimum atomic E-state index is 1.00. The molecule has 0 bridgehead atoms. The Morgan fingerprint density at radius 3 is 1.34 bits per heavy atom. The smallest absolute Gasteiger partial charge is 0.00132 e. The Hall–Kier alpha value is -4.16. The lowest BCUT2D eigenvalue weighted by Gasteiger charge is -2.27. The predicted octanol–water partition coefficient (Wildman–Crippen LogP) is 11.4. The van der Waals surface area contributed by atoms with E-state index in [9.17, 15) is 0 Å². The quantitative estimate of drug-likeness (QED) is 0.195. The van der Waals surface area contributed by atoms with Crippen molar-refractivity contribution in [3.8, 4) is 33.4 Å². The lowest BCUT2D eigenvalue weighted by atomic mass is 9.76. The largest absolute Gasteiger partial charge is 0.0622 e. The van der Waals surface area contributed by atoms with Gasteiger partial charge in [0.1, 0.15) is 0 Å². The lowest BCUT2D eigenvalue weighted by molar-refractivity contribution is 1.24. The van der Waals surface area contributed by atoms with E-state index in [1.54, 1.807) is 0 Å². The van der Waals surface area contributed by atoms with Crippen LogP contribution in [0.15, 0.2) is 72.8 Å². The van der Waals surface area contributed by atoms with Gasteiger partial charge in [-0.05, 0) is 172 Å². The van der Waals surface area contributed by atoms with Crippen molar-refractivity contribution in [3.05, 3.63) is 128 Å². The molecule has 0 atom stereocenters. The highest BCUT2D eigenvalue weighted by Crippen LogP contribution is 2.53. The fourth-order valence-electron chi connectivity index (χ4n) is 7.69. The molecule has 1 aliphatic rings. The van der Waals surface area contributed by atoms with Crippen molar-refractivity contribution in [2.24, 2.45) is 0 Å². The van der Waals surface area contributed by atoms with Crippen molar-refractivity contribution < 1.29 is 0 Å². The van der Waals surface area contributed by atoms with E-state index >= 15 is 0 Å². The summed E-state index contributed by atoms with van der Waals surface area (Å²) in [6.07, 6.45) is 1.00. The summed E-state index contributed by atoms with van der Waals surface area (Å²) in [5.74, 6) is 0. The van der Waals surface area contributed by atoms with E-state index < -0.39 is 0 Å². The minimum absolute atomic E-state index is 1.00. The first-order valence-electron chi connectivity index (χ1n) is 14.9. The third-order valence-electron chi connectivity index (χ3n) is 10.5. The SMILES string of the molecule is Cc1c(C)c(C)c2c(-c3cccc4c3-c3ccccc3C4)c3c(C)c(C)c(C)c(C)c3c(-c3ccccc3)c2c1C. The second kappa shape index (κ2) is 9.18. The number of fused-ring (bicyclic) bond motifs is 5. The summed E-state index contributed by atoms with van der Waals surface area (Å²) in [5, 5.41) is 5.66. The van der Waals surface area contributed by atoms with Crippen LogP contribution in [0, 0.1) is 55.4 Å². The van der Waals surface area contributed by atoms with Crippen LogP contribution in [0.2, 0.25) is 0 Å². The van der Waals surface area contributed by atoms with Crippen LogP contribution in [0.3, 0.4) is 0 Å². The third-order valence-corrected chi connectivity index (χ3v) is 10.5. The van der Waals surface area contributed by atoms with Gasteiger partial charge in [0.15, 0.2) is 0 Å². The van der Waals surface area contributed by atoms with E-state index in [0.29, 0.717) is 0 Å². The summed E-state index contributed by atoms with van der Waals surface area (Å²) >= 11 is 0. The Bertz CT molecular complexity index is 1990. The van der Waals surface area contributed by atoms with Gasteiger partial charge in [-0.2, -0.15) is 0 Å². The van der Waals surface area contributed by atoms with Crippen molar-refractivity contribution in [1.82, 2.24) is 0 Å². The highest BCUT2D eigenvalue weighted by Gasteiger charge is 2.29. The summed E-state index contributed by atoms with van der Waals surface area (Å²) in [6, 6.07) is 27.2. The first-order chi connectivity index (χ1) is 19.7. The third kappa shape index (κ3) is 3.46. The zero-order chi connectivity index (χ0) is 28.7. The van der Waals surface area contributed by atoms with E-state index in [2.05, 4.69) is 128 Å². The number of aryl methyl sites for hydroxylation is 4. The van der Waals surface area contributed by atoms with Gasteiger partial charge < -0.3 is 0 Å². The average molecular weight is 531 g/mol. The second-order valence-corrected chi connectivity index (χ2v) is 12.3. The molecule has 0 saturated heterocycles. The predicted molar refractivity (Wildman–Crippen MR) is 178 cm³/mol. The van der Waals surface area contributed by atoms with Crippen LogP contribution in [0.4, 0.5) is 0 Å². The summed E-state index contributed by atoms with van der Waals surface area (Å²) in [5.41, 5.74) is 22.4. The van der Waals surface area contributed by atoms with Crippen molar-refractivity contribution in [1.29, 1.82) is 0 Å². The zero-order valence-electron chi connectivity index (χ0n) is 25.6. The lowest BCUT2D eigenvalue weighted by Crippen LogP contribution is -2.04. The number of hydrogen-bond donors (Lipinski definition) is 0. The normalized spacial score (nSPS) is 12.3. The van der Waals surface area contributed by atoms with Gasteiger partial charge in [0.25, 0.3) is 0 Å². The molecule has 202 valence electrons. The molecule has 1 aliphatic carbocycles. The maximum absolute atomic E-state index is 2.39. The topological polar surface area (TPSA) is 0 Å². The summed E-state index contributed by atoms with van der Waals surface area (Å²) in [6.45, 7) is 18.7. The van der Waals surface area contributed by atoms with Crippen LogP contribution >= 0.6 is 0 Å². The Morgan fingerprint density at radius 1 is 0.341 bits per heavy atom. The van der Waals surface area contributed by atoms with Gasteiger partial charge in [0.2, 0.25) is 0 Å². The van der Waals surface area contributed by atoms with Crippen molar-refractivity contribution in [3.63, 3.8) is 0 Å². The monoisotopic (exact) mass is 530 g/mol. The Morgan fingerprint density at radius 2 is 0.780 bits per heavy atom. The van der Waals surface area contributed by atoms with Gasteiger partial charge in [-0.3, -0.25) is 0 Å². The summed E-state index contributed by atoms with van der Waals surface area (Å²) in [4.78, 5) is 0. The fourth-order valence-corrected chi connectivity index (χ4v) is 7.69. The maximum atomic E-state index is 2.39. The van der Waals surface area contributed by atoms with Gasteiger partial charge in [-0.1, -0.05) is 72.8 Å². The van der Waals surface area contributed by atoms with Gasteiger partial charge in [0.05, 0.1) is 0 Å². The minimum Gasteiger partial charge on any atom is -0.0622 e. The van der Waals surface area contributed by atoms with Crippen molar-refractivity contribution in [2.75, 3.05) is 0 Å². The molecule has 0 amide bonds. The molecular formula is C41H38. The molecule has 6 aromatic rings. The van der Waals surface area contributed by atoms with Gasteiger partial charge in [-0.15, -0.1) is 0 Å². The molecule has 6 aromatic carbocycles. The van der Waals surface area contributed by atoms with Gasteiger partial charge in [0, 0.05) is 0 Å². The molecule has 0 N–H and O–H groups in total. The molecule has 0 aliphatic heterocycles. The van der Waals surface area contributed by atoms with Crippen LogP contribution < -0.4 is 0 Å². The van der Waals surface area contributed by atoms with E-state index in [4.69, 9.17) is 0 Å². The Kier molecular flexibility index (Phi) is 5.77. The number of rotatable bonds is 2. The molecule has 41 heavy (non-hydrogen) atoms. The average Bonchev–Trinajstić information content (AvgIpc) is 3.38. The van der Waals surface area contributed by atoms with Crippen molar-refractivity contribution >= 4 is 21.5 Å². The molecule has 0 unspecified atom stereocenters. The van der Waals surface area contributed by atoms with Gasteiger partial charge in [-0.25, -0.2) is 0 Å². The molecular weight excluding hydrogens is 492 g/mol. The van der Waals surface area contributed by atoms with Crippen molar-refractivity contribution in [2.45, 2.75) is 61.8 Å². The molecule has 0 radical (unpaired) electrons. The van der Waals surface area contributed by atoms with Crippen LogP contribution in [0.5, 0.6) is 0 Å². The molecule has 0 fully saturated rings. The van der Waals surface area contributed by atoms with E-state index in [1.807, 2.05) is 0 Å². The first kappa shape index (κ1) is 25.8. The summed E-state index contributed by atoms with van der Waals surface area (Å²) in [7, 11) is 0. The molecule has 0 aromatic heterocycles. The van der Waals surface area contributed by atoms with Gasteiger partial charge >= 0.3 is 0 Å². The summed E-state index contributed by atoms with van der Waals surface area (Å²) < 4.78 is 0. The molecule has 0 saturated carbocycles. The van der Waals surface area contributed by atoms with Crippen LogP contribution in [0.1, 0.15) is 55.6 Å². The first-order valence-corrected chi connectivity index (χ1v) is 14.9. The Labute approximate surface area is 244 Å². The Balaban J connectivity index is 1.84. The van der Waals surface area contributed by atoms with E-state index in [-0.39, 0.29) is 0 Å². The standard InChI is InChI=1S/C41H38/c1-22-24(3)28(7)37-35(26(22)5)40(30-15-10-9-11-16-30)36-27(6)23(2)25(4)29(8)38(36)41(37)34-20-14-18-32-21-31-17-12-13-19-33(31)39(32)34/h9-20H,21H2,1-8H3. The number of hydrogen-bond acceptors (Lipinski definition) is 0. The highest BCUT2D eigenvalue weighted by molar-refractivity contribution is 6.26. The van der Waals surface area contributed by atoms with Crippen LogP contribution in [-0.4, -0.2) is 0 Å². The highest BCUT2D eigenvalue weighted by atomic mass is 14.3. The van der Waals surface area contributed by atoms with Crippen LogP contribution in [0.25, 0.3) is 54.9 Å².